The Balaban J connectivity index is 1.62. The number of hydrogen-bond donors (Lipinski definition) is 1. The smallest absolute Gasteiger partial charge is 0.163 e. The Labute approximate surface area is 102 Å². The molecule has 1 saturated carbocycles. The van der Waals surface area contributed by atoms with Gasteiger partial charge in [0.1, 0.15) is 13.2 Å². The Kier molecular flexibility index (Phi) is 3.08. The van der Waals surface area contributed by atoms with Crippen LogP contribution in [0.3, 0.4) is 0 Å². The van der Waals surface area contributed by atoms with Gasteiger partial charge in [-0.2, -0.15) is 0 Å². The average molecular weight is 233 g/mol. The summed E-state index contributed by atoms with van der Waals surface area (Å²) in [4.78, 5) is 0. The zero-order valence-corrected chi connectivity index (χ0v) is 10.1. The molecule has 1 fully saturated rings. The molecule has 0 atom stereocenters. The summed E-state index contributed by atoms with van der Waals surface area (Å²) in [6, 6.07) is 6.11. The van der Waals surface area contributed by atoms with Crippen molar-refractivity contribution in [2.45, 2.75) is 25.7 Å². The molecule has 0 radical (unpaired) electrons. The largest absolute Gasteiger partial charge is 0.486 e. The van der Waals surface area contributed by atoms with Gasteiger partial charge in [0, 0.05) is 18.3 Å². The molecule has 1 aliphatic heterocycles. The highest BCUT2D eigenvalue weighted by Gasteiger charge is 2.15. The van der Waals surface area contributed by atoms with E-state index in [4.69, 9.17) is 9.47 Å². The van der Waals surface area contributed by atoms with Gasteiger partial charge < -0.3 is 14.8 Å². The van der Waals surface area contributed by atoms with Crippen LogP contribution in [0.1, 0.15) is 25.7 Å². The average Bonchev–Trinajstić information content (AvgIpc) is 2.89. The van der Waals surface area contributed by atoms with Crippen LogP contribution in [0.2, 0.25) is 0 Å². The number of nitrogens with one attached hydrogen (secondary N) is 1. The van der Waals surface area contributed by atoms with Crippen LogP contribution in [0.4, 0.5) is 5.69 Å². The number of benzene rings is 1. The van der Waals surface area contributed by atoms with Crippen LogP contribution < -0.4 is 14.8 Å². The Morgan fingerprint density at radius 3 is 2.65 bits per heavy atom. The highest BCUT2D eigenvalue weighted by molar-refractivity contribution is 5.55. The number of rotatable bonds is 3. The summed E-state index contributed by atoms with van der Waals surface area (Å²) < 4.78 is 11.1. The van der Waals surface area contributed by atoms with Gasteiger partial charge in [-0.3, -0.25) is 0 Å². The van der Waals surface area contributed by atoms with Crippen LogP contribution in [0.5, 0.6) is 11.5 Å². The topological polar surface area (TPSA) is 30.5 Å². The standard InChI is InChI=1S/C14H19NO2/c1-2-4-11(3-1)10-15-12-5-6-13-14(9-12)17-8-7-16-13/h5-6,9,11,15H,1-4,7-8,10H2. The monoisotopic (exact) mass is 233 g/mol. The number of anilines is 1. The van der Waals surface area contributed by atoms with Crippen molar-refractivity contribution in [1.29, 1.82) is 0 Å². The third-order valence-corrected chi connectivity index (χ3v) is 3.61. The first kappa shape index (κ1) is 10.8. The maximum Gasteiger partial charge on any atom is 0.163 e. The third kappa shape index (κ3) is 2.48. The summed E-state index contributed by atoms with van der Waals surface area (Å²) in [7, 11) is 0. The molecule has 1 aliphatic carbocycles. The highest BCUT2D eigenvalue weighted by Crippen LogP contribution is 2.33. The first-order valence-electron chi connectivity index (χ1n) is 6.55. The minimum Gasteiger partial charge on any atom is -0.486 e. The van der Waals surface area contributed by atoms with Gasteiger partial charge in [-0.05, 0) is 30.9 Å². The van der Waals surface area contributed by atoms with Crippen LogP contribution in [0.15, 0.2) is 18.2 Å². The third-order valence-electron chi connectivity index (χ3n) is 3.61. The van der Waals surface area contributed by atoms with Crippen molar-refractivity contribution in [2.75, 3.05) is 25.1 Å². The second kappa shape index (κ2) is 4.86. The molecular weight excluding hydrogens is 214 g/mol. The minimum absolute atomic E-state index is 0.652. The molecule has 0 saturated heterocycles. The lowest BCUT2D eigenvalue weighted by Crippen LogP contribution is -2.16. The summed E-state index contributed by atoms with van der Waals surface area (Å²) in [5.74, 6) is 2.58. The molecule has 3 rings (SSSR count). The Bertz CT molecular complexity index is 386. The Hall–Kier alpha value is -1.38. The predicted octanol–water partition coefficient (Wildman–Crippen LogP) is 3.06. The van der Waals surface area contributed by atoms with Crippen molar-refractivity contribution in [2.24, 2.45) is 5.92 Å². The van der Waals surface area contributed by atoms with Gasteiger partial charge >= 0.3 is 0 Å². The molecule has 92 valence electrons. The van der Waals surface area contributed by atoms with E-state index >= 15 is 0 Å². The Morgan fingerprint density at radius 2 is 1.82 bits per heavy atom. The first-order chi connectivity index (χ1) is 8.42. The van der Waals surface area contributed by atoms with Crippen LogP contribution in [0, 0.1) is 5.92 Å². The molecular formula is C14H19NO2. The fourth-order valence-corrected chi connectivity index (χ4v) is 2.63. The van der Waals surface area contributed by atoms with Gasteiger partial charge in [0.15, 0.2) is 11.5 Å². The minimum atomic E-state index is 0.652. The molecule has 2 aliphatic rings. The fourth-order valence-electron chi connectivity index (χ4n) is 2.63. The van der Waals surface area contributed by atoms with E-state index < -0.39 is 0 Å². The van der Waals surface area contributed by atoms with E-state index in [0.717, 1.165) is 29.6 Å². The van der Waals surface area contributed by atoms with Crippen LogP contribution >= 0.6 is 0 Å². The molecule has 3 heteroatoms. The van der Waals surface area contributed by atoms with Crippen molar-refractivity contribution < 1.29 is 9.47 Å². The molecule has 3 nitrogen and oxygen atoms in total. The van der Waals surface area contributed by atoms with E-state index in [1.54, 1.807) is 0 Å². The van der Waals surface area contributed by atoms with Crippen molar-refractivity contribution in [3.05, 3.63) is 18.2 Å². The summed E-state index contributed by atoms with van der Waals surface area (Å²) in [5, 5.41) is 3.50. The Morgan fingerprint density at radius 1 is 1.06 bits per heavy atom. The van der Waals surface area contributed by atoms with Crippen LogP contribution in [0.25, 0.3) is 0 Å². The van der Waals surface area contributed by atoms with E-state index in [1.165, 1.54) is 25.7 Å². The summed E-state index contributed by atoms with van der Waals surface area (Å²) >= 11 is 0. The molecule has 1 N–H and O–H groups in total. The fraction of sp³-hybridized carbons (Fsp3) is 0.571. The normalized spacial score (nSPS) is 19.3. The number of ether oxygens (including phenoxy) is 2. The first-order valence-corrected chi connectivity index (χ1v) is 6.55. The van der Waals surface area contributed by atoms with Gasteiger partial charge in [-0.15, -0.1) is 0 Å². The second-order valence-electron chi connectivity index (χ2n) is 4.89. The number of hydrogen-bond acceptors (Lipinski definition) is 3. The SMILES string of the molecule is c1cc2c(cc1NCC1CCCC1)OCCO2. The number of fused-ring (bicyclic) bond motifs is 1. The highest BCUT2D eigenvalue weighted by atomic mass is 16.6. The van der Waals surface area contributed by atoms with Gasteiger partial charge in [0.25, 0.3) is 0 Å². The maximum absolute atomic E-state index is 5.57. The van der Waals surface area contributed by atoms with Crippen molar-refractivity contribution in [3.63, 3.8) is 0 Å². The quantitative estimate of drug-likeness (QED) is 0.870. The lowest BCUT2D eigenvalue weighted by Gasteiger charge is -2.19. The van der Waals surface area contributed by atoms with Crippen molar-refractivity contribution in [1.82, 2.24) is 0 Å². The zero-order chi connectivity index (χ0) is 11.5. The van der Waals surface area contributed by atoms with E-state index in [0.29, 0.717) is 13.2 Å². The van der Waals surface area contributed by atoms with Crippen LogP contribution in [-0.4, -0.2) is 19.8 Å². The molecule has 0 amide bonds. The molecule has 0 spiro atoms. The molecule has 1 aromatic rings. The van der Waals surface area contributed by atoms with Gasteiger partial charge in [-0.25, -0.2) is 0 Å². The summed E-state index contributed by atoms with van der Waals surface area (Å²) in [6.45, 7) is 2.39. The molecule has 0 bridgehead atoms. The van der Waals surface area contributed by atoms with Gasteiger partial charge in [-0.1, -0.05) is 12.8 Å². The second-order valence-corrected chi connectivity index (χ2v) is 4.89. The lowest BCUT2D eigenvalue weighted by atomic mass is 10.1. The van der Waals surface area contributed by atoms with E-state index in [2.05, 4.69) is 11.4 Å². The molecule has 1 aromatic carbocycles. The molecule has 0 aromatic heterocycles. The lowest BCUT2D eigenvalue weighted by molar-refractivity contribution is 0.171. The van der Waals surface area contributed by atoms with Gasteiger partial charge in [0.2, 0.25) is 0 Å². The van der Waals surface area contributed by atoms with Crippen LogP contribution in [-0.2, 0) is 0 Å². The van der Waals surface area contributed by atoms with E-state index in [1.807, 2.05) is 12.1 Å². The molecule has 0 unspecified atom stereocenters. The molecule has 1 heterocycles. The van der Waals surface area contributed by atoms with Gasteiger partial charge in [0.05, 0.1) is 0 Å². The summed E-state index contributed by atoms with van der Waals surface area (Å²) in [6.07, 6.45) is 5.54. The zero-order valence-electron chi connectivity index (χ0n) is 10.1. The summed E-state index contributed by atoms with van der Waals surface area (Å²) in [5.41, 5.74) is 1.14. The van der Waals surface area contributed by atoms with Crippen molar-refractivity contribution >= 4 is 5.69 Å². The molecule has 17 heavy (non-hydrogen) atoms. The predicted molar refractivity (Wildman–Crippen MR) is 67.9 cm³/mol. The van der Waals surface area contributed by atoms with E-state index in [-0.39, 0.29) is 0 Å². The maximum atomic E-state index is 5.57. The van der Waals surface area contributed by atoms with E-state index in [9.17, 15) is 0 Å². The van der Waals surface area contributed by atoms with Crippen molar-refractivity contribution in [3.8, 4) is 11.5 Å².